The van der Waals surface area contributed by atoms with Crippen molar-refractivity contribution in [3.63, 3.8) is 0 Å². The summed E-state index contributed by atoms with van der Waals surface area (Å²) in [6.07, 6.45) is 0. The maximum absolute atomic E-state index is 13.8. The molecule has 1 amide bonds. The topological polar surface area (TPSA) is 38.3 Å². The van der Waals surface area contributed by atoms with Gasteiger partial charge in [-0.15, -0.1) is 11.3 Å². The molecule has 0 saturated carbocycles. The number of halogens is 4. The Morgan fingerprint density at radius 2 is 1.88 bits per heavy atom. The Bertz CT molecular complexity index is 961. The van der Waals surface area contributed by atoms with Gasteiger partial charge in [-0.3, -0.25) is 4.79 Å². The molecule has 134 valence electrons. The van der Waals surface area contributed by atoms with Crippen molar-refractivity contribution >= 4 is 38.9 Å². The van der Waals surface area contributed by atoms with Gasteiger partial charge in [0.2, 0.25) is 0 Å². The van der Waals surface area contributed by atoms with E-state index < -0.39 is 23.4 Å². The molecule has 8 heteroatoms. The predicted molar refractivity (Wildman–Crippen MR) is 97.1 cm³/mol. The number of hydrogen-bond acceptors (Lipinski definition) is 3. The molecule has 3 aromatic rings. The summed E-state index contributed by atoms with van der Waals surface area (Å²) in [4.78, 5) is 12.6. The molecule has 0 fully saturated rings. The zero-order chi connectivity index (χ0) is 18.7. The van der Waals surface area contributed by atoms with Crippen molar-refractivity contribution in [3.8, 4) is 5.75 Å². The van der Waals surface area contributed by atoms with E-state index in [-0.39, 0.29) is 18.0 Å². The highest BCUT2D eigenvalue weighted by Crippen LogP contribution is 2.23. The van der Waals surface area contributed by atoms with E-state index in [4.69, 9.17) is 4.74 Å². The van der Waals surface area contributed by atoms with Crippen LogP contribution in [-0.4, -0.2) is 5.91 Å². The van der Waals surface area contributed by atoms with Crippen LogP contribution in [0, 0.1) is 17.5 Å². The van der Waals surface area contributed by atoms with Crippen LogP contribution < -0.4 is 10.1 Å². The average molecular weight is 442 g/mol. The van der Waals surface area contributed by atoms with E-state index in [1.54, 1.807) is 17.5 Å². The van der Waals surface area contributed by atoms with Gasteiger partial charge in [-0.05, 0) is 41.8 Å². The number of nitrogens with one attached hydrogen (secondary N) is 1. The van der Waals surface area contributed by atoms with Crippen molar-refractivity contribution in [3.05, 3.63) is 80.2 Å². The SMILES string of the molecule is O=C(Nc1ccc(Br)cc1F)c1cc(COc2ccc(F)cc2F)cs1. The lowest BCUT2D eigenvalue weighted by Crippen LogP contribution is -2.11. The van der Waals surface area contributed by atoms with Crippen molar-refractivity contribution in [2.24, 2.45) is 0 Å². The molecule has 0 aliphatic heterocycles. The van der Waals surface area contributed by atoms with Gasteiger partial charge in [0, 0.05) is 16.1 Å². The van der Waals surface area contributed by atoms with Crippen LogP contribution in [-0.2, 0) is 6.61 Å². The molecule has 0 aliphatic rings. The Morgan fingerprint density at radius 3 is 2.62 bits per heavy atom. The molecule has 2 aromatic carbocycles. The number of hydrogen-bond donors (Lipinski definition) is 1. The fourth-order valence-corrected chi connectivity index (χ4v) is 3.22. The zero-order valence-electron chi connectivity index (χ0n) is 13.1. The van der Waals surface area contributed by atoms with E-state index in [9.17, 15) is 18.0 Å². The normalized spacial score (nSPS) is 10.6. The molecule has 0 aliphatic carbocycles. The molecule has 3 nitrogen and oxygen atoms in total. The minimum Gasteiger partial charge on any atom is -0.486 e. The lowest BCUT2D eigenvalue weighted by atomic mass is 10.3. The summed E-state index contributed by atoms with van der Waals surface area (Å²) < 4.78 is 46.0. The zero-order valence-corrected chi connectivity index (χ0v) is 15.5. The second-order valence-electron chi connectivity index (χ2n) is 5.26. The largest absolute Gasteiger partial charge is 0.486 e. The maximum Gasteiger partial charge on any atom is 0.265 e. The number of rotatable bonds is 5. The Balaban J connectivity index is 1.64. The Kier molecular flexibility index (Phi) is 5.63. The summed E-state index contributed by atoms with van der Waals surface area (Å²) in [5, 5.41) is 4.16. The van der Waals surface area contributed by atoms with Crippen molar-refractivity contribution in [1.29, 1.82) is 0 Å². The highest BCUT2D eigenvalue weighted by molar-refractivity contribution is 9.10. The molecule has 3 rings (SSSR count). The standard InChI is InChI=1S/C18H11BrF3NO2S/c19-11-1-3-15(13(21)6-11)23-18(24)17-5-10(9-26-17)8-25-16-4-2-12(20)7-14(16)22/h1-7,9H,8H2,(H,23,24). The highest BCUT2D eigenvalue weighted by atomic mass is 79.9. The molecule has 26 heavy (non-hydrogen) atoms. The first-order chi connectivity index (χ1) is 12.4. The van der Waals surface area contributed by atoms with Crippen LogP contribution in [0.3, 0.4) is 0 Å². The van der Waals surface area contributed by atoms with Crippen molar-refractivity contribution in [2.75, 3.05) is 5.32 Å². The molecule has 0 radical (unpaired) electrons. The van der Waals surface area contributed by atoms with Gasteiger partial charge in [-0.1, -0.05) is 15.9 Å². The number of ether oxygens (including phenoxy) is 1. The second-order valence-corrected chi connectivity index (χ2v) is 7.09. The molecule has 1 heterocycles. The van der Waals surface area contributed by atoms with Gasteiger partial charge >= 0.3 is 0 Å². The van der Waals surface area contributed by atoms with Crippen LogP contribution in [0.1, 0.15) is 15.2 Å². The summed E-state index contributed by atoms with van der Waals surface area (Å²) in [6, 6.07) is 8.90. The molecular formula is C18H11BrF3NO2S. The van der Waals surface area contributed by atoms with Crippen LogP contribution in [0.2, 0.25) is 0 Å². The monoisotopic (exact) mass is 441 g/mol. The molecule has 1 N–H and O–H groups in total. The van der Waals surface area contributed by atoms with Crippen molar-refractivity contribution in [1.82, 2.24) is 0 Å². The molecule has 0 atom stereocenters. The lowest BCUT2D eigenvalue weighted by molar-refractivity contribution is 0.103. The Labute approximate surface area is 159 Å². The molecular weight excluding hydrogens is 431 g/mol. The fourth-order valence-electron chi connectivity index (χ4n) is 2.10. The first-order valence-corrected chi connectivity index (χ1v) is 9.01. The van der Waals surface area contributed by atoms with Crippen LogP contribution in [0.5, 0.6) is 5.75 Å². The quantitative estimate of drug-likeness (QED) is 0.546. The number of benzene rings is 2. The van der Waals surface area contributed by atoms with Gasteiger partial charge < -0.3 is 10.1 Å². The van der Waals surface area contributed by atoms with Gasteiger partial charge in [-0.2, -0.15) is 0 Å². The fraction of sp³-hybridized carbons (Fsp3) is 0.0556. The van der Waals surface area contributed by atoms with Crippen molar-refractivity contribution < 1.29 is 22.7 Å². The first kappa shape index (κ1) is 18.5. The third-order valence-corrected chi connectivity index (χ3v) is 4.82. The molecule has 0 unspecified atom stereocenters. The van der Waals surface area contributed by atoms with E-state index >= 15 is 0 Å². The van der Waals surface area contributed by atoms with Gasteiger partial charge in [0.25, 0.3) is 5.91 Å². The van der Waals surface area contributed by atoms with Gasteiger partial charge in [0.1, 0.15) is 18.2 Å². The molecule has 0 spiro atoms. The van der Waals surface area contributed by atoms with Gasteiger partial charge in [0.15, 0.2) is 11.6 Å². The predicted octanol–water partition coefficient (Wildman–Crippen LogP) is 5.76. The van der Waals surface area contributed by atoms with E-state index in [0.717, 1.165) is 23.5 Å². The van der Waals surface area contributed by atoms with E-state index in [1.807, 2.05) is 0 Å². The highest BCUT2D eigenvalue weighted by Gasteiger charge is 2.13. The smallest absolute Gasteiger partial charge is 0.265 e. The van der Waals surface area contributed by atoms with E-state index in [2.05, 4.69) is 21.2 Å². The first-order valence-electron chi connectivity index (χ1n) is 7.34. The summed E-state index contributed by atoms with van der Waals surface area (Å²) >= 11 is 4.29. The lowest BCUT2D eigenvalue weighted by Gasteiger charge is -2.06. The van der Waals surface area contributed by atoms with E-state index in [0.29, 0.717) is 14.9 Å². The summed E-state index contributed by atoms with van der Waals surface area (Å²) in [7, 11) is 0. The van der Waals surface area contributed by atoms with Crippen LogP contribution in [0.15, 0.2) is 52.3 Å². The van der Waals surface area contributed by atoms with Crippen molar-refractivity contribution in [2.45, 2.75) is 6.61 Å². The molecule has 0 bridgehead atoms. The van der Waals surface area contributed by atoms with Crippen LogP contribution in [0.4, 0.5) is 18.9 Å². The molecule has 0 saturated heterocycles. The minimum atomic E-state index is -0.802. The summed E-state index contributed by atoms with van der Waals surface area (Å²) in [5.41, 5.74) is 0.706. The van der Waals surface area contributed by atoms with Crippen LogP contribution >= 0.6 is 27.3 Å². The van der Waals surface area contributed by atoms with Crippen LogP contribution in [0.25, 0.3) is 0 Å². The third kappa shape index (κ3) is 4.44. The number of thiophene rings is 1. The second kappa shape index (κ2) is 7.92. The van der Waals surface area contributed by atoms with Gasteiger partial charge in [0.05, 0.1) is 10.6 Å². The summed E-state index contributed by atoms with van der Waals surface area (Å²) in [5.74, 6) is -2.59. The third-order valence-electron chi connectivity index (χ3n) is 3.35. The Hall–Kier alpha value is -2.32. The number of carbonyl (C=O) groups excluding carboxylic acids is 1. The van der Waals surface area contributed by atoms with Gasteiger partial charge in [-0.25, -0.2) is 13.2 Å². The summed E-state index contributed by atoms with van der Waals surface area (Å²) in [6.45, 7) is 0.0129. The minimum absolute atomic E-state index is 0.0129. The molecule has 1 aromatic heterocycles. The number of carbonyl (C=O) groups is 1. The number of anilines is 1. The number of amides is 1. The Morgan fingerprint density at radius 1 is 1.08 bits per heavy atom. The average Bonchev–Trinajstić information content (AvgIpc) is 3.06. The van der Waals surface area contributed by atoms with E-state index in [1.165, 1.54) is 18.2 Å². The maximum atomic E-state index is 13.8.